The van der Waals surface area contributed by atoms with Crippen LogP contribution in [0.25, 0.3) is 0 Å². The van der Waals surface area contributed by atoms with Gasteiger partial charge >= 0.3 is 0 Å². The average Bonchev–Trinajstić information content (AvgIpc) is 2.93. The molecule has 19 heavy (non-hydrogen) atoms. The van der Waals surface area contributed by atoms with Crippen LogP contribution in [0.3, 0.4) is 0 Å². The monoisotopic (exact) mass is 264 g/mol. The molecule has 0 bridgehead atoms. The third kappa shape index (κ3) is 4.20. The van der Waals surface area contributed by atoms with Crippen LogP contribution in [0.4, 0.5) is 5.69 Å². The van der Waals surface area contributed by atoms with Gasteiger partial charge in [0.05, 0.1) is 6.61 Å². The highest BCUT2D eigenvalue weighted by atomic mass is 16.5. The van der Waals surface area contributed by atoms with Crippen LogP contribution in [0.1, 0.15) is 12.0 Å². The molecule has 0 saturated carbocycles. The van der Waals surface area contributed by atoms with E-state index in [1.165, 1.54) is 11.3 Å². The molecule has 0 aliphatic carbocycles. The Bertz CT molecular complexity index is 367. The van der Waals surface area contributed by atoms with Gasteiger partial charge in [0.15, 0.2) is 0 Å². The molecule has 0 spiro atoms. The maximum Gasteiger partial charge on any atom is 0.0587 e. The normalized spacial score (nSPS) is 19.1. The van der Waals surface area contributed by atoms with Crippen molar-refractivity contribution in [3.63, 3.8) is 0 Å². The Morgan fingerprint density at radius 2 is 2.16 bits per heavy atom. The Kier molecular flexibility index (Phi) is 5.63. The van der Waals surface area contributed by atoms with Gasteiger partial charge in [-0.3, -0.25) is 0 Å². The smallest absolute Gasteiger partial charge is 0.0587 e. The van der Waals surface area contributed by atoms with Gasteiger partial charge in [-0.1, -0.05) is 12.1 Å². The highest BCUT2D eigenvalue weighted by Gasteiger charge is 2.21. The van der Waals surface area contributed by atoms with Gasteiger partial charge in [-0.05, 0) is 24.1 Å². The van der Waals surface area contributed by atoms with Crippen molar-refractivity contribution in [1.82, 2.24) is 5.32 Å². The molecule has 106 valence electrons. The van der Waals surface area contributed by atoms with E-state index in [2.05, 4.69) is 34.5 Å². The average molecular weight is 264 g/mol. The minimum Gasteiger partial charge on any atom is -0.396 e. The van der Waals surface area contributed by atoms with Gasteiger partial charge in [0.25, 0.3) is 0 Å². The molecule has 0 aromatic heterocycles. The maximum atomic E-state index is 9.17. The van der Waals surface area contributed by atoms with E-state index in [0.29, 0.717) is 12.5 Å². The summed E-state index contributed by atoms with van der Waals surface area (Å²) in [4.78, 5) is 2.35. The Morgan fingerprint density at radius 1 is 1.37 bits per heavy atom. The van der Waals surface area contributed by atoms with Crippen LogP contribution in [0.5, 0.6) is 0 Å². The summed E-state index contributed by atoms with van der Waals surface area (Å²) < 4.78 is 5.00. The largest absolute Gasteiger partial charge is 0.396 e. The molecule has 1 saturated heterocycles. The first-order valence-corrected chi connectivity index (χ1v) is 6.98. The van der Waals surface area contributed by atoms with Crippen LogP contribution in [-0.4, -0.2) is 45.1 Å². The second kappa shape index (κ2) is 7.48. The molecule has 0 radical (unpaired) electrons. The number of aliphatic hydroxyl groups excluding tert-OH is 1. The van der Waals surface area contributed by atoms with Crippen molar-refractivity contribution in [3.05, 3.63) is 29.8 Å². The Balaban J connectivity index is 1.81. The number of nitrogens with zero attached hydrogens (tertiary/aromatic N) is 1. The summed E-state index contributed by atoms with van der Waals surface area (Å²) >= 11 is 0. The molecule has 1 aromatic rings. The van der Waals surface area contributed by atoms with E-state index in [0.717, 1.165) is 39.2 Å². The van der Waals surface area contributed by atoms with Crippen LogP contribution in [0.15, 0.2) is 24.3 Å². The zero-order valence-corrected chi connectivity index (χ0v) is 11.6. The standard InChI is InChI=1S/C15H24N2O2/c1-19-9-7-16-10-13-2-4-15(5-3-13)17-8-6-14(11-17)12-18/h2-5,14,16,18H,6-12H2,1H3. The fourth-order valence-corrected chi connectivity index (χ4v) is 2.45. The molecule has 0 amide bonds. The van der Waals surface area contributed by atoms with Crippen molar-refractivity contribution in [2.45, 2.75) is 13.0 Å². The van der Waals surface area contributed by atoms with E-state index < -0.39 is 0 Å². The molecule has 2 rings (SSSR count). The second-order valence-corrected chi connectivity index (χ2v) is 5.12. The number of anilines is 1. The van der Waals surface area contributed by atoms with Crippen molar-refractivity contribution >= 4 is 5.69 Å². The van der Waals surface area contributed by atoms with E-state index >= 15 is 0 Å². The molecule has 4 heteroatoms. The summed E-state index contributed by atoms with van der Waals surface area (Å²) in [7, 11) is 1.71. The third-order valence-corrected chi connectivity index (χ3v) is 3.66. The number of ether oxygens (including phenoxy) is 1. The van der Waals surface area contributed by atoms with Crippen molar-refractivity contribution in [1.29, 1.82) is 0 Å². The number of hydrogen-bond donors (Lipinski definition) is 2. The first-order chi connectivity index (χ1) is 9.33. The molecule has 1 heterocycles. The van der Waals surface area contributed by atoms with Gasteiger partial charge in [-0.2, -0.15) is 0 Å². The van der Waals surface area contributed by atoms with Gasteiger partial charge in [-0.15, -0.1) is 0 Å². The van der Waals surface area contributed by atoms with E-state index in [1.54, 1.807) is 7.11 Å². The maximum absolute atomic E-state index is 9.17. The van der Waals surface area contributed by atoms with E-state index in [1.807, 2.05) is 0 Å². The van der Waals surface area contributed by atoms with Crippen LogP contribution >= 0.6 is 0 Å². The van der Waals surface area contributed by atoms with Gasteiger partial charge in [0.2, 0.25) is 0 Å². The summed E-state index contributed by atoms with van der Waals surface area (Å²) in [5.41, 5.74) is 2.55. The van der Waals surface area contributed by atoms with Crippen LogP contribution in [0.2, 0.25) is 0 Å². The van der Waals surface area contributed by atoms with Crippen LogP contribution in [0, 0.1) is 5.92 Å². The Labute approximate surface area is 115 Å². The molecule has 1 aliphatic heterocycles. The lowest BCUT2D eigenvalue weighted by Gasteiger charge is -2.18. The number of methoxy groups -OCH3 is 1. The van der Waals surface area contributed by atoms with Crippen LogP contribution < -0.4 is 10.2 Å². The Morgan fingerprint density at radius 3 is 2.79 bits per heavy atom. The third-order valence-electron chi connectivity index (χ3n) is 3.66. The summed E-state index contributed by atoms with van der Waals surface area (Å²) in [5, 5.41) is 12.5. The lowest BCUT2D eigenvalue weighted by Crippen LogP contribution is -2.21. The summed E-state index contributed by atoms with van der Waals surface area (Å²) in [6.07, 6.45) is 1.09. The van der Waals surface area contributed by atoms with Gasteiger partial charge in [0.1, 0.15) is 0 Å². The van der Waals surface area contributed by atoms with E-state index in [9.17, 15) is 5.11 Å². The minimum absolute atomic E-state index is 0.304. The molecule has 2 N–H and O–H groups in total. The summed E-state index contributed by atoms with van der Waals surface area (Å²) in [5.74, 6) is 0.440. The molecular formula is C15H24N2O2. The second-order valence-electron chi connectivity index (χ2n) is 5.12. The predicted molar refractivity (Wildman–Crippen MR) is 77.4 cm³/mol. The van der Waals surface area contributed by atoms with E-state index in [4.69, 9.17) is 4.74 Å². The molecule has 4 nitrogen and oxygen atoms in total. The highest BCUT2D eigenvalue weighted by molar-refractivity contribution is 5.48. The SMILES string of the molecule is COCCNCc1ccc(N2CCC(CO)C2)cc1. The number of rotatable bonds is 7. The van der Waals surface area contributed by atoms with Gasteiger partial charge < -0.3 is 20.1 Å². The van der Waals surface area contributed by atoms with Crippen molar-refractivity contribution in [3.8, 4) is 0 Å². The lowest BCUT2D eigenvalue weighted by atomic mass is 10.1. The molecule has 1 aliphatic rings. The zero-order valence-electron chi connectivity index (χ0n) is 11.6. The first kappa shape index (κ1) is 14.3. The van der Waals surface area contributed by atoms with E-state index in [-0.39, 0.29) is 0 Å². The fraction of sp³-hybridized carbons (Fsp3) is 0.600. The van der Waals surface area contributed by atoms with Gasteiger partial charge in [-0.25, -0.2) is 0 Å². The predicted octanol–water partition coefficient (Wildman–Crippen LogP) is 1.24. The number of benzene rings is 1. The molecule has 1 unspecified atom stereocenters. The quantitative estimate of drug-likeness (QED) is 0.727. The number of hydrogen-bond acceptors (Lipinski definition) is 4. The van der Waals surface area contributed by atoms with Gasteiger partial charge in [0, 0.05) is 51.5 Å². The first-order valence-electron chi connectivity index (χ1n) is 6.98. The molecule has 1 aromatic carbocycles. The van der Waals surface area contributed by atoms with Crippen LogP contribution in [-0.2, 0) is 11.3 Å². The molecule has 1 atom stereocenters. The Hall–Kier alpha value is -1.10. The highest BCUT2D eigenvalue weighted by Crippen LogP contribution is 2.23. The van der Waals surface area contributed by atoms with Crippen molar-refractivity contribution in [2.75, 3.05) is 44.9 Å². The van der Waals surface area contributed by atoms with Crippen molar-refractivity contribution < 1.29 is 9.84 Å². The van der Waals surface area contributed by atoms with Crippen molar-refractivity contribution in [2.24, 2.45) is 5.92 Å². The minimum atomic E-state index is 0.304. The zero-order chi connectivity index (χ0) is 13.5. The number of nitrogens with one attached hydrogen (secondary N) is 1. The molecule has 1 fully saturated rings. The number of aliphatic hydroxyl groups is 1. The summed E-state index contributed by atoms with van der Waals surface area (Å²) in [6, 6.07) is 8.68. The molecular weight excluding hydrogens is 240 g/mol. The fourth-order valence-electron chi connectivity index (χ4n) is 2.45. The lowest BCUT2D eigenvalue weighted by molar-refractivity contribution is 0.199. The topological polar surface area (TPSA) is 44.7 Å². The summed E-state index contributed by atoms with van der Waals surface area (Å²) in [6.45, 7) is 4.83.